The van der Waals surface area contributed by atoms with Gasteiger partial charge in [0.25, 0.3) is 5.91 Å². The molecule has 1 fully saturated rings. The molecule has 138 valence electrons. The average Bonchev–Trinajstić information content (AvgIpc) is 3.21. The standard InChI is InChI=1S/C20H24N2O4/c1-16-6-8-17(9-7-16)25-14-3-5-19(23)21-10-12-22(13-11-21)20(24)18-4-2-15-26-18/h2,4,6-9,15H,3,5,10-14H2,1H3. The summed E-state index contributed by atoms with van der Waals surface area (Å²) >= 11 is 0. The molecule has 1 aliphatic heterocycles. The van der Waals surface area contributed by atoms with Gasteiger partial charge in [-0.2, -0.15) is 0 Å². The molecular weight excluding hydrogens is 332 g/mol. The van der Waals surface area contributed by atoms with E-state index in [2.05, 4.69) is 0 Å². The number of aryl methyl sites for hydroxylation is 1. The van der Waals surface area contributed by atoms with Crippen molar-refractivity contribution in [3.05, 3.63) is 54.0 Å². The number of benzene rings is 1. The average molecular weight is 356 g/mol. The summed E-state index contributed by atoms with van der Waals surface area (Å²) in [7, 11) is 0. The molecule has 1 aromatic heterocycles. The predicted octanol–water partition coefficient (Wildman–Crippen LogP) is 2.73. The second kappa shape index (κ2) is 8.56. The van der Waals surface area contributed by atoms with E-state index in [0.717, 1.165) is 5.75 Å². The highest BCUT2D eigenvalue weighted by Crippen LogP contribution is 2.13. The molecule has 6 nitrogen and oxygen atoms in total. The summed E-state index contributed by atoms with van der Waals surface area (Å²) < 4.78 is 10.8. The Labute approximate surface area is 153 Å². The maximum atomic E-state index is 12.3. The number of rotatable bonds is 6. The Hall–Kier alpha value is -2.76. The first-order chi connectivity index (χ1) is 12.6. The molecule has 2 amide bonds. The highest BCUT2D eigenvalue weighted by Gasteiger charge is 2.25. The van der Waals surface area contributed by atoms with Crippen molar-refractivity contribution in [3.63, 3.8) is 0 Å². The van der Waals surface area contributed by atoms with Crippen LogP contribution in [0.15, 0.2) is 47.1 Å². The van der Waals surface area contributed by atoms with Gasteiger partial charge in [0, 0.05) is 32.6 Å². The predicted molar refractivity (Wildman–Crippen MR) is 97.1 cm³/mol. The first kappa shape index (κ1) is 18.0. The van der Waals surface area contributed by atoms with Crippen molar-refractivity contribution in [2.24, 2.45) is 0 Å². The largest absolute Gasteiger partial charge is 0.494 e. The highest BCUT2D eigenvalue weighted by atomic mass is 16.5. The molecule has 0 aliphatic carbocycles. The zero-order chi connectivity index (χ0) is 18.4. The zero-order valence-corrected chi connectivity index (χ0v) is 15.0. The van der Waals surface area contributed by atoms with E-state index in [1.165, 1.54) is 11.8 Å². The number of ether oxygens (including phenoxy) is 1. The summed E-state index contributed by atoms with van der Waals surface area (Å²) in [5.41, 5.74) is 1.19. The van der Waals surface area contributed by atoms with E-state index in [4.69, 9.17) is 9.15 Å². The Morgan fingerprint density at radius 1 is 1.04 bits per heavy atom. The van der Waals surface area contributed by atoms with Gasteiger partial charge in [-0.15, -0.1) is 0 Å². The number of piperazine rings is 1. The molecule has 1 saturated heterocycles. The van der Waals surface area contributed by atoms with Crippen LogP contribution in [0.4, 0.5) is 0 Å². The lowest BCUT2D eigenvalue weighted by Crippen LogP contribution is -2.50. The number of hydrogen-bond acceptors (Lipinski definition) is 4. The first-order valence-corrected chi connectivity index (χ1v) is 8.93. The maximum Gasteiger partial charge on any atom is 0.289 e. The van der Waals surface area contributed by atoms with Crippen LogP contribution >= 0.6 is 0 Å². The summed E-state index contributed by atoms with van der Waals surface area (Å²) in [6.07, 6.45) is 2.63. The van der Waals surface area contributed by atoms with Gasteiger partial charge in [0.05, 0.1) is 12.9 Å². The molecule has 6 heteroatoms. The number of carbonyl (C=O) groups is 2. The molecule has 2 aromatic rings. The molecule has 2 heterocycles. The summed E-state index contributed by atoms with van der Waals surface area (Å²) in [6.45, 7) is 4.74. The Balaban J connectivity index is 1.36. The Morgan fingerprint density at radius 3 is 2.38 bits per heavy atom. The smallest absolute Gasteiger partial charge is 0.289 e. The van der Waals surface area contributed by atoms with Gasteiger partial charge in [0.1, 0.15) is 5.75 Å². The van der Waals surface area contributed by atoms with Crippen LogP contribution in [0.2, 0.25) is 0 Å². The highest BCUT2D eigenvalue weighted by molar-refractivity contribution is 5.91. The number of hydrogen-bond donors (Lipinski definition) is 0. The fourth-order valence-electron chi connectivity index (χ4n) is 2.92. The minimum absolute atomic E-state index is 0.114. The van der Waals surface area contributed by atoms with Gasteiger partial charge in [-0.05, 0) is 37.6 Å². The molecule has 0 spiro atoms. The number of furan rings is 1. The fourth-order valence-corrected chi connectivity index (χ4v) is 2.92. The topological polar surface area (TPSA) is 63.0 Å². The van der Waals surface area contributed by atoms with Gasteiger partial charge in [-0.25, -0.2) is 0 Å². The molecule has 0 N–H and O–H groups in total. The van der Waals surface area contributed by atoms with Gasteiger partial charge in [0.2, 0.25) is 5.91 Å². The molecule has 0 bridgehead atoms. The lowest BCUT2D eigenvalue weighted by atomic mass is 10.2. The summed E-state index contributed by atoms with van der Waals surface area (Å²) in [6, 6.07) is 11.2. The third-order valence-electron chi connectivity index (χ3n) is 4.48. The van der Waals surface area contributed by atoms with Crippen LogP contribution in [-0.2, 0) is 4.79 Å². The van der Waals surface area contributed by atoms with Gasteiger partial charge < -0.3 is 19.0 Å². The molecule has 0 unspecified atom stereocenters. The van der Waals surface area contributed by atoms with E-state index in [0.29, 0.717) is 51.4 Å². The van der Waals surface area contributed by atoms with E-state index < -0.39 is 0 Å². The second-order valence-corrected chi connectivity index (χ2v) is 6.42. The lowest BCUT2D eigenvalue weighted by molar-refractivity contribution is -0.132. The van der Waals surface area contributed by atoms with E-state index in [1.54, 1.807) is 17.0 Å². The van der Waals surface area contributed by atoms with E-state index in [-0.39, 0.29) is 11.8 Å². The number of nitrogens with zero attached hydrogens (tertiary/aromatic N) is 2. The first-order valence-electron chi connectivity index (χ1n) is 8.93. The van der Waals surface area contributed by atoms with Crippen LogP contribution in [0.1, 0.15) is 29.0 Å². The van der Waals surface area contributed by atoms with Crippen LogP contribution in [0.5, 0.6) is 5.75 Å². The van der Waals surface area contributed by atoms with E-state index in [1.807, 2.05) is 36.1 Å². The second-order valence-electron chi connectivity index (χ2n) is 6.42. The monoisotopic (exact) mass is 356 g/mol. The van der Waals surface area contributed by atoms with Gasteiger partial charge >= 0.3 is 0 Å². The van der Waals surface area contributed by atoms with Crippen molar-refractivity contribution in [1.82, 2.24) is 9.80 Å². The summed E-state index contributed by atoms with van der Waals surface area (Å²) in [5.74, 6) is 1.17. The molecule has 3 rings (SSSR count). The Kier molecular flexibility index (Phi) is 5.94. The molecule has 26 heavy (non-hydrogen) atoms. The number of carbonyl (C=O) groups excluding carboxylic acids is 2. The zero-order valence-electron chi connectivity index (χ0n) is 15.0. The van der Waals surface area contributed by atoms with Crippen LogP contribution in [0.25, 0.3) is 0 Å². The van der Waals surface area contributed by atoms with Crippen molar-refractivity contribution >= 4 is 11.8 Å². The number of amides is 2. The van der Waals surface area contributed by atoms with Crippen LogP contribution in [0, 0.1) is 6.92 Å². The van der Waals surface area contributed by atoms with Crippen molar-refractivity contribution < 1.29 is 18.7 Å². The molecule has 0 atom stereocenters. The summed E-state index contributed by atoms with van der Waals surface area (Å²) in [4.78, 5) is 28.1. The van der Waals surface area contributed by atoms with Crippen LogP contribution in [0.3, 0.4) is 0 Å². The van der Waals surface area contributed by atoms with E-state index >= 15 is 0 Å². The molecule has 0 radical (unpaired) electrons. The minimum atomic E-state index is -0.117. The lowest BCUT2D eigenvalue weighted by Gasteiger charge is -2.34. The quantitative estimate of drug-likeness (QED) is 0.747. The molecular formula is C20H24N2O4. The maximum absolute atomic E-state index is 12.3. The molecule has 0 saturated carbocycles. The van der Waals surface area contributed by atoms with Crippen molar-refractivity contribution in [3.8, 4) is 5.75 Å². The van der Waals surface area contributed by atoms with Gasteiger partial charge in [0.15, 0.2) is 5.76 Å². The third kappa shape index (κ3) is 4.65. The molecule has 1 aliphatic rings. The fraction of sp³-hybridized carbons (Fsp3) is 0.400. The van der Waals surface area contributed by atoms with Crippen molar-refractivity contribution in [2.75, 3.05) is 32.8 Å². The normalized spacial score (nSPS) is 14.3. The summed E-state index contributed by atoms with van der Waals surface area (Å²) in [5, 5.41) is 0. The SMILES string of the molecule is Cc1ccc(OCCCC(=O)N2CCN(C(=O)c3ccco3)CC2)cc1. The minimum Gasteiger partial charge on any atom is -0.494 e. The van der Waals surface area contributed by atoms with Crippen LogP contribution in [-0.4, -0.2) is 54.4 Å². The van der Waals surface area contributed by atoms with Gasteiger partial charge in [-0.3, -0.25) is 9.59 Å². The van der Waals surface area contributed by atoms with Gasteiger partial charge in [-0.1, -0.05) is 17.7 Å². The van der Waals surface area contributed by atoms with Crippen molar-refractivity contribution in [2.45, 2.75) is 19.8 Å². The Bertz CT molecular complexity index is 717. The van der Waals surface area contributed by atoms with E-state index in [9.17, 15) is 9.59 Å². The third-order valence-corrected chi connectivity index (χ3v) is 4.48. The Morgan fingerprint density at radius 2 is 1.73 bits per heavy atom. The molecule has 1 aromatic carbocycles. The van der Waals surface area contributed by atoms with Crippen LogP contribution < -0.4 is 4.74 Å². The van der Waals surface area contributed by atoms with Crippen molar-refractivity contribution in [1.29, 1.82) is 0 Å².